The largest absolute Gasteiger partial charge is 0.413 e. The Kier molecular flexibility index (Phi) is 4.72. The summed E-state index contributed by atoms with van der Waals surface area (Å²) in [6, 6.07) is 4.80. The highest BCUT2D eigenvalue weighted by Crippen LogP contribution is 2.25. The molecular formula is C16H24FN3OSi. The molecule has 0 radical (unpaired) electrons. The molecule has 0 aliphatic rings. The van der Waals surface area contributed by atoms with Gasteiger partial charge in [0.1, 0.15) is 11.6 Å². The van der Waals surface area contributed by atoms with Crippen molar-refractivity contribution >= 4 is 14.7 Å². The predicted molar refractivity (Wildman–Crippen MR) is 90.3 cm³/mol. The lowest BCUT2D eigenvalue weighted by atomic mass is 9.93. The van der Waals surface area contributed by atoms with Crippen molar-refractivity contribution in [3.8, 4) is 5.69 Å². The third-order valence-electron chi connectivity index (χ3n) is 3.36. The van der Waals surface area contributed by atoms with Gasteiger partial charge in [0.15, 0.2) is 9.04 Å². The summed E-state index contributed by atoms with van der Waals surface area (Å²) in [4.78, 5) is 4.69. The minimum atomic E-state index is -1.15. The highest BCUT2D eigenvalue weighted by atomic mass is 28.3. The fraction of sp³-hybridized carbons (Fsp3) is 0.438. The molecule has 0 fully saturated rings. The van der Waals surface area contributed by atoms with Gasteiger partial charge < -0.3 is 14.7 Å². The van der Waals surface area contributed by atoms with Gasteiger partial charge >= 0.3 is 0 Å². The molecule has 2 rings (SSSR count). The normalized spacial score (nSPS) is 12.1. The second-order valence-corrected chi connectivity index (χ2v) is 9.16. The lowest BCUT2D eigenvalue weighted by Gasteiger charge is -2.14. The molecule has 6 heteroatoms. The first-order chi connectivity index (χ1) is 10.2. The first kappa shape index (κ1) is 16.7. The van der Waals surface area contributed by atoms with Crippen LogP contribution in [0.2, 0.25) is 13.1 Å². The smallest absolute Gasteiger partial charge is 0.171 e. The summed E-state index contributed by atoms with van der Waals surface area (Å²) in [5, 5.41) is 0. The fourth-order valence-electron chi connectivity index (χ4n) is 2.01. The number of nitrogens with two attached hydrogens (primary N) is 1. The zero-order valence-electron chi connectivity index (χ0n) is 13.9. The fourth-order valence-corrected chi connectivity index (χ4v) is 2.49. The van der Waals surface area contributed by atoms with E-state index in [0.29, 0.717) is 12.3 Å². The van der Waals surface area contributed by atoms with Crippen LogP contribution in [0.3, 0.4) is 0 Å². The van der Waals surface area contributed by atoms with Gasteiger partial charge in [-0.3, -0.25) is 0 Å². The van der Waals surface area contributed by atoms with Crippen molar-refractivity contribution in [3.63, 3.8) is 0 Å². The lowest BCUT2D eigenvalue weighted by molar-refractivity contribution is 0.301. The Bertz CT molecular complexity index is 662. The molecule has 1 heterocycles. The van der Waals surface area contributed by atoms with E-state index in [1.807, 2.05) is 10.8 Å². The summed E-state index contributed by atoms with van der Waals surface area (Å²) in [5.74, 6) is 0.365. The van der Waals surface area contributed by atoms with Crippen LogP contribution in [0.5, 0.6) is 0 Å². The van der Waals surface area contributed by atoms with E-state index < -0.39 is 14.9 Å². The van der Waals surface area contributed by atoms with Crippen molar-refractivity contribution in [1.82, 2.24) is 9.55 Å². The van der Waals surface area contributed by atoms with Gasteiger partial charge in [0.2, 0.25) is 0 Å². The van der Waals surface area contributed by atoms with Crippen molar-refractivity contribution in [1.29, 1.82) is 0 Å². The monoisotopic (exact) mass is 321 g/mol. The Morgan fingerprint density at radius 1 is 1.32 bits per heavy atom. The van der Waals surface area contributed by atoms with Crippen molar-refractivity contribution < 1.29 is 8.82 Å². The SMILES string of the molecule is C[SiH](C)OCc1nc(C(C)(C)C)cn1-c1ccc(N)c(F)c1. The van der Waals surface area contributed by atoms with Gasteiger partial charge in [-0.25, -0.2) is 9.37 Å². The number of anilines is 1. The molecule has 0 amide bonds. The molecule has 1 aromatic carbocycles. The van der Waals surface area contributed by atoms with Gasteiger partial charge in [-0.2, -0.15) is 0 Å². The van der Waals surface area contributed by atoms with Crippen LogP contribution >= 0.6 is 0 Å². The van der Waals surface area contributed by atoms with Gasteiger partial charge in [-0.05, 0) is 25.2 Å². The zero-order valence-corrected chi connectivity index (χ0v) is 15.0. The van der Waals surface area contributed by atoms with Crippen LogP contribution in [0.15, 0.2) is 24.4 Å². The lowest BCUT2D eigenvalue weighted by Crippen LogP contribution is -2.12. The standard InChI is InChI=1S/C16H24FN3OSi/c1-16(2,3)14-9-20(15(19-14)10-21-22(4)5)11-6-7-13(18)12(17)8-11/h6-9,22H,10,18H2,1-5H3. The molecular weight excluding hydrogens is 297 g/mol. The van der Waals surface area contributed by atoms with Crippen LogP contribution in [0, 0.1) is 5.82 Å². The molecule has 2 N–H and O–H groups in total. The van der Waals surface area contributed by atoms with E-state index in [0.717, 1.165) is 11.5 Å². The second-order valence-electron chi connectivity index (χ2n) is 6.73. The molecule has 4 nitrogen and oxygen atoms in total. The second kappa shape index (κ2) is 6.22. The molecule has 0 saturated carbocycles. The van der Waals surface area contributed by atoms with E-state index in [1.165, 1.54) is 6.07 Å². The maximum absolute atomic E-state index is 13.8. The van der Waals surface area contributed by atoms with Crippen LogP contribution in [-0.2, 0) is 16.4 Å². The third kappa shape index (κ3) is 3.75. The highest BCUT2D eigenvalue weighted by Gasteiger charge is 2.21. The average molecular weight is 321 g/mol. The van der Waals surface area contributed by atoms with Gasteiger partial charge in [0, 0.05) is 23.4 Å². The third-order valence-corrected chi connectivity index (χ3v) is 4.19. The number of nitrogen functional groups attached to an aromatic ring is 1. The topological polar surface area (TPSA) is 53.1 Å². The van der Waals surface area contributed by atoms with Crippen LogP contribution in [-0.4, -0.2) is 18.6 Å². The summed E-state index contributed by atoms with van der Waals surface area (Å²) in [6.45, 7) is 11.0. The van der Waals surface area contributed by atoms with E-state index in [1.54, 1.807) is 12.1 Å². The van der Waals surface area contributed by atoms with Crippen molar-refractivity contribution in [2.24, 2.45) is 0 Å². The van der Waals surface area contributed by atoms with Gasteiger partial charge in [0.05, 0.1) is 18.0 Å². The number of benzene rings is 1. The molecule has 0 saturated heterocycles. The van der Waals surface area contributed by atoms with E-state index in [-0.39, 0.29) is 11.1 Å². The van der Waals surface area contributed by atoms with E-state index >= 15 is 0 Å². The molecule has 120 valence electrons. The minimum absolute atomic E-state index is 0.0817. The predicted octanol–water partition coefficient (Wildman–Crippen LogP) is 3.39. The number of hydrogen-bond acceptors (Lipinski definition) is 3. The summed E-state index contributed by atoms with van der Waals surface area (Å²) < 4.78 is 21.5. The molecule has 0 atom stereocenters. The van der Waals surface area contributed by atoms with E-state index in [2.05, 4.69) is 38.8 Å². The molecule has 0 aliphatic carbocycles. The first-order valence-corrected chi connectivity index (χ1v) is 10.2. The van der Waals surface area contributed by atoms with E-state index in [4.69, 9.17) is 10.2 Å². The quantitative estimate of drug-likeness (QED) is 0.694. The molecule has 0 unspecified atom stereocenters. The Morgan fingerprint density at radius 3 is 2.55 bits per heavy atom. The van der Waals surface area contributed by atoms with Crippen LogP contribution in [0.25, 0.3) is 5.69 Å². The molecule has 0 bridgehead atoms. The number of nitrogens with zero attached hydrogens (tertiary/aromatic N) is 2. The molecule has 2 aromatic rings. The van der Waals surface area contributed by atoms with Crippen LogP contribution in [0.4, 0.5) is 10.1 Å². The van der Waals surface area contributed by atoms with Gasteiger partial charge in [-0.15, -0.1) is 0 Å². The van der Waals surface area contributed by atoms with Crippen molar-refractivity contribution in [2.45, 2.75) is 45.9 Å². The Hall–Kier alpha value is -1.66. The number of halogens is 1. The Morgan fingerprint density at radius 2 is 2.00 bits per heavy atom. The van der Waals surface area contributed by atoms with E-state index in [9.17, 15) is 4.39 Å². The number of hydrogen-bond donors (Lipinski definition) is 1. The van der Waals surface area contributed by atoms with Crippen molar-refractivity contribution in [2.75, 3.05) is 5.73 Å². The maximum Gasteiger partial charge on any atom is 0.171 e. The molecule has 0 aliphatic heterocycles. The number of imidazole rings is 1. The zero-order chi connectivity index (χ0) is 16.5. The Labute approximate surface area is 132 Å². The van der Waals surface area contributed by atoms with Crippen LogP contribution < -0.4 is 5.73 Å². The first-order valence-electron chi connectivity index (χ1n) is 7.44. The molecule has 22 heavy (non-hydrogen) atoms. The summed E-state index contributed by atoms with van der Waals surface area (Å²) in [7, 11) is -1.15. The van der Waals surface area contributed by atoms with Gasteiger partial charge in [0.25, 0.3) is 0 Å². The van der Waals surface area contributed by atoms with Gasteiger partial charge in [-0.1, -0.05) is 20.8 Å². The summed E-state index contributed by atoms with van der Waals surface area (Å²) >= 11 is 0. The maximum atomic E-state index is 13.8. The summed E-state index contributed by atoms with van der Waals surface area (Å²) in [6.07, 6.45) is 1.95. The minimum Gasteiger partial charge on any atom is -0.413 e. The average Bonchev–Trinajstić information content (AvgIpc) is 2.83. The van der Waals surface area contributed by atoms with Crippen LogP contribution in [0.1, 0.15) is 32.3 Å². The molecule has 0 spiro atoms. The van der Waals surface area contributed by atoms with Crippen molar-refractivity contribution in [3.05, 3.63) is 41.7 Å². The number of rotatable bonds is 4. The highest BCUT2D eigenvalue weighted by molar-refractivity contribution is 6.48. The number of aromatic nitrogens is 2. The summed E-state index contributed by atoms with van der Waals surface area (Å²) in [5.41, 5.74) is 7.28. The Balaban J connectivity index is 2.47. The molecule has 1 aromatic heterocycles.